The summed E-state index contributed by atoms with van der Waals surface area (Å²) in [5.74, 6) is -0.840. The molecular weight excluding hydrogens is 520 g/mol. The van der Waals surface area contributed by atoms with Crippen LogP contribution in [0.4, 0.5) is 5.13 Å². The number of thiazole rings is 1. The SMILES string of the molecule is CCCOc1cccc(C(O)=C2C(=O)C(=O)N(c3nc4ccc(OC)cc4s3)C2c2ccc(O)c(OC)c2)c1. The Balaban J connectivity index is 1.70. The molecule has 0 bridgehead atoms. The Kier molecular flexibility index (Phi) is 7.12. The fourth-order valence-corrected chi connectivity index (χ4v) is 5.46. The third-order valence-electron chi connectivity index (χ3n) is 6.33. The third-order valence-corrected chi connectivity index (χ3v) is 7.35. The van der Waals surface area contributed by atoms with Gasteiger partial charge in [0.25, 0.3) is 5.78 Å². The number of methoxy groups -OCH3 is 2. The monoisotopic (exact) mass is 546 g/mol. The first kappa shape index (κ1) is 26.1. The molecule has 2 heterocycles. The average molecular weight is 547 g/mol. The van der Waals surface area contributed by atoms with Crippen LogP contribution in [0.2, 0.25) is 0 Å². The summed E-state index contributed by atoms with van der Waals surface area (Å²) in [6.07, 6.45) is 0.804. The van der Waals surface area contributed by atoms with Crippen molar-refractivity contribution in [2.45, 2.75) is 19.4 Å². The molecule has 10 heteroatoms. The molecule has 1 unspecified atom stereocenters. The van der Waals surface area contributed by atoms with Crippen molar-refractivity contribution >= 4 is 44.1 Å². The van der Waals surface area contributed by atoms with E-state index in [1.807, 2.05) is 6.92 Å². The lowest BCUT2D eigenvalue weighted by Crippen LogP contribution is -2.29. The van der Waals surface area contributed by atoms with Crippen LogP contribution in [0.25, 0.3) is 16.0 Å². The van der Waals surface area contributed by atoms with Crippen LogP contribution in [0, 0.1) is 0 Å². The second-order valence-corrected chi connectivity index (χ2v) is 9.82. The van der Waals surface area contributed by atoms with Gasteiger partial charge in [-0.05, 0) is 54.4 Å². The molecule has 2 N–H and O–H groups in total. The van der Waals surface area contributed by atoms with E-state index in [-0.39, 0.29) is 28.0 Å². The van der Waals surface area contributed by atoms with Gasteiger partial charge in [-0.25, -0.2) is 4.98 Å². The minimum atomic E-state index is -1.04. The summed E-state index contributed by atoms with van der Waals surface area (Å²) in [6.45, 7) is 2.47. The number of hydrogen-bond donors (Lipinski definition) is 2. The molecular formula is C29H26N2O7S. The van der Waals surface area contributed by atoms with Gasteiger partial charge >= 0.3 is 5.91 Å². The van der Waals surface area contributed by atoms with Gasteiger partial charge in [0.2, 0.25) is 0 Å². The number of nitrogens with zero attached hydrogens (tertiary/aromatic N) is 2. The number of aromatic nitrogens is 1. The number of aliphatic hydroxyl groups excluding tert-OH is 1. The number of carbonyl (C=O) groups is 2. The van der Waals surface area contributed by atoms with Crippen molar-refractivity contribution in [2.75, 3.05) is 25.7 Å². The summed E-state index contributed by atoms with van der Waals surface area (Å²) in [5, 5.41) is 21.9. The number of phenolic OH excluding ortho intramolecular Hbond substituents is 1. The summed E-state index contributed by atoms with van der Waals surface area (Å²) >= 11 is 1.22. The summed E-state index contributed by atoms with van der Waals surface area (Å²) in [5.41, 5.74) is 1.28. The normalized spacial score (nSPS) is 16.6. The molecule has 3 aromatic carbocycles. The van der Waals surface area contributed by atoms with E-state index in [9.17, 15) is 19.8 Å². The summed E-state index contributed by atoms with van der Waals surface area (Å²) < 4.78 is 17.1. The first-order valence-corrected chi connectivity index (χ1v) is 13.0. The molecule has 0 saturated carbocycles. The fraction of sp³-hybridized carbons (Fsp3) is 0.207. The topological polar surface area (TPSA) is 118 Å². The largest absolute Gasteiger partial charge is 0.507 e. The quantitative estimate of drug-likeness (QED) is 0.171. The second kappa shape index (κ2) is 10.7. The zero-order valence-electron chi connectivity index (χ0n) is 21.5. The van der Waals surface area contributed by atoms with E-state index in [0.29, 0.717) is 34.7 Å². The molecule has 0 radical (unpaired) electrons. The molecule has 4 aromatic rings. The number of fused-ring (bicyclic) bond motifs is 1. The lowest BCUT2D eigenvalue weighted by atomic mass is 9.95. The minimum Gasteiger partial charge on any atom is -0.507 e. The highest BCUT2D eigenvalue weighted by Crippen LogP contribution is 2.46. The molecule has 0 spiro atoms. The maximum Gasteiger partial charge on any atom is 0.301 e. The van der Waals surface area contributed by atoms with Gasteiger partial charge in [0.1, 0.15) is 17.3 Å². The molecule has 1 saturated heterocycles. The maximum atomic E-state index is 13.5. The zero-order chi connectivity index (χ0) is 27.7. The first-order valence-electron chi connectivity index (χ1n) is 12.2. The zero-order valence-corrected chi connectivity index (χ0v) is 22.3. The van der Waals surface area contributed by atoms with Crippen LogP contribution >= 0.6 is 11.3 Å². The number of ether oxygens (including phenoxy) is 3. The Morgan fingerprint density at radius 1 is 1.03 bits per heavy atom. The van der Waals surface area contributed by atoms with Crippen molar-refractivity contribution in [2.24, 2.45) is 0 Å². The summed E-state index contributed by atoms with van der Waals surface area (Å²) in [4.78, 5) is 32.9. The highest BCUT2D eigenvalue weighted by Gasteiger charge is 2.48. The van der Waals surface area contributed by atoms with Crippen molar-refractivity contribution in [1.29, 1.82) is 0 Å². The third kappa shape index (κ3) is 4.74. The Labute approximate surface area is 228 Å². The number of phenols is 1. The highest BCUT2D eigenvalue weighted by atomic mass is 32.1. The predicted octanol–water partition coefficient (Wildman–Crippen LogP) is 5.43. The number of benzene rings is 3. The molecule has 1 aliphatic rings. The van der Waals surface area contributed by atoms with Crippen molar-refractivity contribution in [1.82, 2.24) is 4.98 Å². The van der Waals surface area contributed by atoms with E-state index < -0.39 is 17.7 Å². The van der Waals surface area contributed by atoms with Gasteiger partial charge in [0.05, 0.1) is 42.7 Å². The van der Waals surface area contributed by atoms with E-state index in [0.717, 1.165) is 11.1 Å². The van der Waals surface area contributed by atoms with E-state index in [1.165, 1.54) is 35.5 Å². The molecule has 5 rings (SSSR count). The van der Waals surface area contributed by atoms with Gasteiger partial charge in [0, 0.05) is 5.56 Å². The number of anilines is 1. The van der Waals surface area contributed by atoms with E-state index >= 15 is 0 Å². The number of aromatic hydroxyl groups is 1. The van der Waals surface area contributed by atoms with Crippen LogP contribution in [-0.4, -0.2) is 47.7 Å². The van der Waals surface area contributed by atoms with Crippen molar-refractivity contribution < 1.29 is 34.0 Å². The minimum absolute atomic E-state index is 0.106. The Morgan fingerprint density at radius 2 is 1.85 bits per heavy atom. The molecule has 1 aromatic heterocycles. The van der Waals surface area contributed by atoms with E-state index in [1.54, 1.807) is 55.6 Å². The number of amides is 1. The van der Waals surface area contributed by atoms with Crippen LogP contribution in [0.15, 0.2) is 66.2 Å². The van der Waals surface area contributed by atoms with Gasteiger partial charge < -0.3 is 24.4 Å². The van der Waals surface area contributed by atoms with Crippen molar-refractivity contribution in [3.63, 3.8) is 0 Å². The fourth-order valence-electron chi connectivity index (χ4n) is 4.44. The average Bonchev–Trinajstić information content (AvgIpc) is 3.49. The first-order chi connectivity index (χ1) is 18.9. The summed E-state index contributed by atoms with van der Waals surface area (Å²) in [7, 11) is 2.96. The summed E-state index contributed by atoms with van der Waals surface area (Å²) in [6, 6.07) is 15.5. The van der Waals surface area contributed by atoms with Crippen LogP contribution in [0.3, 0.4) is 0 Å². The number of ketones is 1. The van der Waals surface area contributed by atoms with Gasteiger partial charge in [-0.1, -0.05) is 36.5 Å². The molecule has 1 amide bonds. The smallest absolute Gasteiger partial charge is 0.301 e. The van der Waals surface area contributed by atoms with Crippen LogP contribution < -0.4 is 19.1 Å². The van der Waals surface area contributed by atoms with Gasteiger partial charge in [-0.2, -0.15) is 0 Å². The van der Waals surface area contributed by atoms with Crippen LogP contribution in [0.5, 0.6) is 23.0 Å². The van der Waals surface area contributed by atoms with Gasteiger partial charge in [-0.3, -0.25) is 14.5 Å². The number of carbonyl (C=O) groups excluding carboxylic acids is 2. The molecule has 39 heavy (non-hydrogen) atoms. The Hall–Kier alpha value is -4.57. The number of Topliss-reactive ketones (excluding diaryl/α,β-unsaturated/α-hetero) is 1. The predicted molar refractivity (Wildman–Crippen MR) is 148 cm³/mol. The molecule has 1 fully saturated rings. The lowest BCUT2D eigenvalue weighted by Gasteiger charge is -2.23. The Bertz CT molecular complexity index is 1610. The van der Waals surface area contributed by atoms with E-state index in [4.69, 9.17) is 14.2 Å². The molecule has 200 valence electrons. The van der Waals surface area contributed by atoms with Crippen molar-refractivity contribution in [3.8, 4) is 23.0 Å². The molecule has 1 aliphatic heterocycles. The van der Waals surface area contributed by atoms with Gasteiger partial charge in [-0.15, -0.1) is 0 Å². The number of aliphatic hydroxyl groups is 1. The number of hydrogen-bond acceptors (Lipinski definition) is 9. The van der Waals surface area contributed by atoms with Crippen LogP contribution in [-0.2, 0) is 9.59 Å². The molecule has 0 aliphatic carbocycles. The van der Waals surface area contributed by atoms with Crippen LogP contribution in [0.1, 0.15) is 30.5 Å². The molecule has 1 atom stereocenters. The Morgan fingerprint density at radius 3 is 2.59 bits per heavy atom. The number of rotatable bonds is 8. The second-order valence-electron chi connectivity index (χ2n) is 8.81. The highest BCUT2D eigenvalue weighted by molar-refractivity contribution is 7.22. The van der Waals surface area contributed by atoms with Crippen molar-refractivity contribution in [3.05, 3.63) is 77.4 Å². The standard InChI is InChI=1S/C29H26N2O7S/c1-4-12-38-19-7-5-6-17(13-19)26(33)24-25(16-8-11-21(32)22(14-16)37-3)31(28(35)27(24)34)29-30-20-10-9-18(36-2)15-23(20)39-29/h5-11,13-15,25,32-33H,4,12H2,1-3H3. The van der Waals surface area contributed by atoms with E-state index in [2.05, 4.69) is 4.98 Å². The maximum absolute atomic E-state index is 13.5. The van der Waals surface area contributed by atoms with Gasteiger partial charge in [0.15, 0.2) is 16.6 Å². The molecule has 9 nitrogen and oxygen atoms in total. The lowest BCUT2D eigenvalue weighted by molar-refractivity contribution is -0.132.